The highest BCUT2D eigenvalue weighted by Gasteiger charge is 2.30. The summed E-state index contributed by atoms with van der Waals surface area (Å²) in [5.41, 5.74) is 1.97. The molecule has 2 atom stereocenters. The number of halogens is 1. The summed E-state index contributed by atoms with van der Waals surface area (Å²) in [5, 5.41) is 11.2. The third-order valence-electron chi connectivity index (χ3n) is 4.31. The van der Waals surface area contributed by atoms with Crippen LogP contribution in [0.5, 0.6) is 0 Å². The molecule has 2 aromatic rings. The number of rotatable bonds is 3. The summed E-state index contributed by atoms with van der Waals surface area (Å²) in [7, 11) is 0. The number of aliphatic hydroxyl groups is 1. The number of hydrogen-bond acceptors (Lipinski definition) is 3. The summed E-state index contributed by atoms with van der Waals surface area (Å²) in [6.45, 7) is 4.17. The summed E-state index contributed by atoms with van der Waals surface area (Å²) in [4.78, 5) is 6.77. The van der Waals surface area contributed by atoms with Crippen LogP contribution in [0.25, 0.3) is 10.9 Å². The minimum atomic E-state index is 0.208. The minimum absolute atomic E-state index is 0.208. The fourth-order valence-corrected chi connectivity index (χ4v) is 3.25. The van der Waals surface area contributed by atoms with Gasteiger partial charge < -0.3 is 5.11 Å². The first kappa shape index (κ1) is 13.8. The molecule has 0 saturated carbocycles. The average molecular weight is 291 g/mol. The SMILES string of the molecule is CC1CCN(Cc2cc3ccccc3nc2Cl)C1CO. The molecule has 1 aliphatic heterocycles. The van der Waals surface area contributed by atoms with E-state index in [0.29, 0.717) is 11.1 Å². The van der Waals surface area contributed by atoms with E-state index in [-0.39, 0.29) is 12.6 Å². The Balaban J connectivity index is 1.89. The van der Waals surface area contributed by atoms with Crippen LogP contribution in [0.3, 0.4) is 0 Å². The predicted molar refractivity (Wildman–Crippen MR) is 81.8 cm³/mol. The zero-order valence-corrected chi connectivity index (χ0v) is 12.3. The molecule has 3 nitrogen and oxygen atoms in total. The van der Waals surface area contributed by atoms with Crippen molar-refractivity contribution in [1.82, 2.24) is 9.88 Å². The van der Waals surface area contributed by atoms with Crippen LogP contribution in [0.4, 0.5) is 0 Å². The van der Waals surface area contributed by atoms with Gasteiger partial charge in [0, 0.05) is 23.5 Å². The number of likely N-dealkylation sites (tertiary alicyclic amines) is 1. The van der Waals surface area contributed by atoms with Crippen LogP contribution in [0.1, 0.15) is 18.9 Å². The zero-order valence-electron chi connectivity index (χ0n) is 11.6. The van der Waals surface area contributed by atoms with Gasteiger partial charge in [-0.15, -0.1) is 0 Å². The lowest BCUT2D eigenvalue weighted by molar-refractivity contribution is 0.134. The van der Waals surface area contributed by atoms with Gasteiger partial charge in [-0.2, -0.15) is 0 Å². The van der Waals surface area contributed by atoms with Gasteiger partial charge in [-0.05, 0) is 31.0 Å². The topological polar surface area (TPSA) is 36.4 Å². The second-order valence-corrected chi connectivity index (χ2v) is 5.98. The molecule has 3 rings (SSSR count). The highest BCUT2D eigenvalue weighted by molar-refractivity contribution is 6.30. The Morgan fingerprint density at radius 1 is 1.40 bits per heavy atom. The quantitative estimate of drug-likeness (QED) is 0.883. The monoisotopic (exact) mass is 290 g/mol. The lowest BCUT2D eigenvalue weighted by atomic mass is 10.0. The van der Waals surface area contributed by atoms with Crippen molar-refractivity contribution in [3.8, 4) is 0 Å². The van der Waals surface area contributed by atoms with E-state index in [0.717, 1.165) is 36.0 Å². The van der Waals surface area contributed by atoms with Crippen molar-refractivity contribution >= 4 is 22.5 Å². The van der Waals surface area contributed by atoms with Gasteiger partial charge in [0.15, 0.2) is 0 Å². The van der Waals surface area contributed by atoms with Gasteiger partial charge in [-0.25, -0.2) is 4.98 Å². The first-order valence-electron chi connectivity index (χ1n) is 7.08. The molecule has 106 valence electrons. The summed E-state index contributed by atoms with van der Waals surface area (Å²) in [5.74, 6) is 0.534. The van der Waals surface area contributed by atoms with Gasteiger partial charge >= 0.3 is 0 Å². The zero-order chi connectivity index (χ0) is 14.1. The van der Waals surface area contributed by atoms with Crippen LogP contribution in [0.15, 0.2) is 30.3 Å². The molecular weight excluding hydrogens is 272 g/mol. The Labute approximate surface area is 124 Å². The number of nitrogens with zero attached hydrogens (tertiary/aromatic N) is 2. The summed E-state index contributed by atoms with van der Waals surface area (Å²) < 4.78 is 0. The molecule has 1 aliphatic rings. The first-order chi connectivity index (χ1) is 9.69. The largest absolute Gasteiger partial charge is 0.395 e. The van der Waals surface area contributed by atoms with Crippen molar-refractivity contribution in [2.45, 2.75) is 25.9 Å². The molecule has 2 unspecified atom stereocenters. The van der Waals surface area contributed by atoms with Gasteiger partial charge in [-0.1, -0.05) is 36.7 Å². The van der Waals surface area contributed by atoms with Gasteiger partial charge in [0.05, 0.1) is 12.1 Å². The fraction of sp³-hybridized carbons (Fsp3) is 0.438. The number of hydrogen-bond donors (Lipinski definition) is 1. The molecule has 0 radical (unpaired) electrons. The highest BCUT2D eigenvalue weighted by atomic mass is 35.5. The molecule has 4 heteroatoms. The second-order valence-electron chi connectivity index (χ2n) is 5.62. The smallest absolute Gasteiger partial charge is 0.134 e. The molecule has 1 aromatic heterocycles. The maximum Gasteiger partial charge on any atom is 0.134 e. The minimum Gasteiger partial charge on any atom is -0.395 e. The third-order valence-corrected chi connectivity index (χ3v) is 4.64. The number of aliphatic hydroxyl groups excluding tert-OH is 1. The third kappa shape index (κ3) is 2.53. The van der Waals surface area contributed by atoms with Gasteiger partial charge in [0.25, 0.3) is 0 Å². The van der Waals surface area contributed by atoms with E-state index < -0.39 is 0 Å². The second kappa shape index (κ2) is 5.68. The molecule has 0 aliphatic carbocycles. The van der Waals surface area contributed by atoms with Crippen molar-refractivity contribution in [2.75, 3.05) is 13.2 Å². The molecule has 1 aromatic carbocycles. The maximum atomic E-state index is 9.54. The normalized spacial score (nSPS) is 23.6. The Kier molecular flexibility index (Phi) is 3.92. The van der Waals surface area contributed by atoms with Crippen LogP contribution in [-0.4, -0.2) is 34.2 Å². The molecule has 0 spiro atoms. The molecule has 1 N–H and O–H groups in total. The Bertz CT molecular complexity index is 616. The van der Waals surface area contributed by atoms with Crippen LogP contribution in [-0.2, 0) is 6.54 Å². The number of para-hydroxylation sites is 1. The van der Waals surface area contributed by atoms with Gasteiger partial charge in [0.2, 0.25) is 0 Å². The molecular formula is C16H19ClN2O. The number of benzene rings is 1. The molecule has 0 amide bonds. The molecule has 0 bridgehead atoms. The van der Waals surface area contributed by atoms with E-state index in [2.05, 4.69) is 28.9 Å². The van der Waals surface area contributed by atoms with Crippen molar-refractivity contribution in [2.24, 2.45) is 5.92 Å². The van der Waals surface area contributed by atoms with E-state index in [1.807, 2.05) is 18.2 Å². The summed E-state index contributed by atoms with van der Waals surface area (Å²) >= 11 is 6.31. The number of aromatic nitrogens is 1. The number of fused-ring (bicyclic) bond motifs is 1. The van der Waals surface area contributed by atoms with Gasteiger partial charge in [0.1, 0.15) is 5.15 Å². The first-order valence-corrected chi connectivity index (χ1v) is 7.46. The van der Waals surface area contributed by atoms with E-state index in [1.54, 1.807) is 0 Å². The maximum absolute atomic E-state index is 9.54. The fourth-order valence-electron chi connectivity index (χ4n) is 3.05. The summed E-state index contributed by atoms with van der Waals surface area (Å²) in [6, 6.07) is 10.4. The molecule has 1 fully saturated rings. The summed E-state index contributed by atoms with van der Waals surface area (Å²) in [6.07, 6.45) is 1.13. The van der Waals surface area contributed by atoms with Crippen molar-refractivity contribution in [3.05, 3.63) is 41.0 Å². The van der Waals surface area contributed by atoms with Gasteiger partial charge in [-0.3, -0.25) is 4.90 Å². The van der Waals surface area contributed by atoms with E-state index in [4.69, 9.17) is 11.6 Å². The number of pyridine rings is 1. The van der Waals surface area contributed by atoms with E-state index >= 15 is 0 Å². The van der Waals surface area contributed by atoms with Crippen LogP contribution in [0.2, 0.25) is 5.15 Å². The predicted octanol–water partition coefficient (Wildman–Crippen LogP) is 3.09. The Hall–Kier alpha value is -1.16. The van der Waals surface area contributed by atoms with Crippen molar-refractivity contribution < 1.29 is 5.11 Å². The molecule has 2 heterocycles. The Morgan fingerprint density at radius 3 is 3.00 bits per heavy atom. The Morgan fingerprint density at radius 2 is 2.20 bits per heavy atom. The molecule has 20 heavy (non-hydrogen) atoms. The van der Waals surface area contributed by atoms with Crippen LogP contribution < -0.4 is 0 Å². The van der Waals surface area contributed by atoms with Crippen LogP contribution >= 0.6 is 11.6 Å². The highest BCUT2D eigenvalue weighted by Crippen LogP contribution is 2.28. The van der Waals surface area contributed by atoms with E-state index in [9.17, 15) is 5.11 Å². The van der Waals surface area contributed by atoms with E-state index in [1.165, 1.54) is 0 Å². The average Bonchev–Trinajstić information content (AvgIpc) is 2.80. The van der Waals surface area contributed by atoms with Crippen LogP contribution in [0, 0.1) is 5.92 Å². The van der Waals surface area contributed by atoms with Crippen molar-refractivity contribution in [1.29, 1.82) is 0 Å². The lowest BCUT2D eigenvalue weighted by Gasteiger charge is -2.25. The lowest BCUT2D eigenvalue weighted by Crippen LogP contribution is -2.34. The molecule has 1 saturated heterocycles. The standard InChI is InChI=1S/C16H19ClN2O/c1-11-6-7-19(15(11)10-20)9-13-8-12-4-2-3-5-14(12)18-16(13)17/h2-5,8,11,15,20H,6-7,9-10H2,1H3. The van der Waals surface area contributed by atoms with Crippen molar-refractivity contribution in [3.63, 3.8) is 0 Å².